The molecule has 0 saturated carbocycles. The monoisotopic (exact) mass is 1260 g/mol. The van der Waals surface area contributed by atoms with Crippen LogP contribution in [0.15, 0.2) is 48.5 Å². The van der Waals surface area contributed by atoms with E-state index in [-0.39, 0.29) is 84.4 Å². The van der Waals surface area contributed by atoms with E-state index in [2.05, 4.69) is 73.2 Å². The van der Waals surface area contributed by atoms with Gasteiger partial charge in [0.1, 0.15) is 6.04 Å². The Morgan fingerprint density at radius 1 is 0.790 bits per heavy atom. The number of carboxylic acids is 1. The minimum Gasteiger partial charge on any atom is -0.480 e. The van der Waals surface area contributed by atoms with E-state index >= 15 is 0 Å². The Morgan fingerprint density at radius 2 is 1.40 bits per heavy atom. The molecule has 0 aliphatic carbocycles. The van der Waals surface area contributed by atoms with E-state index in [9.17, 15) is 33.9 Å². The summed E-state index contributed by atoms with van der Waals surface area (Å²) in [6, 6.07) is 12.6. The molecule has 0 radical (unpaired) electrons. The molecule has 0 spiro atoms. The van der Waals surface area contributed by atoms with Gasteiger partial charge in [0.2, 0.25) is 17.7 Å². The first-order valence-electron chi connectivity index (χ1n) is 28.8. The fourth-order valence-electron chi connectivity index (χ4n) is 10.6. The molecule has 4 amide bonds. The Labute approximate surface area is 499 Å². The number of ether oxygens (including phenoxy) is 4. The zero-order valence-corrected chi connectivity index (χ0v) is 53.7. The number of likely N-dealkylation sites (N-methyl/N-ethyl adjacent to an activating group) is 2. The van der Waals surface area contributed by atoms with Gasteiger partial charge in [0.15, 0.2) is 5.78 Å². The van der Waals surface area contributed by atoms with Crippen LogP contribution in [0, 0.1) is 35.5 Å². The van der Waals surface area contributed by atoms with Crippen LogP contribution >= 0.6 is 31.9 Å². The van der Waals surface area contributed by atoms with Gasteiger partial charge in [-0.05, 0) is 80.8 Å². The van der Waals surface area contributed by atoms with Crippen LogP contribution in [0.5, 0.6) is 0 Å². The normalized spacial score (nSPS) is 16.5. The minimum absolute atomic E-state index is 0.00971. The molecule has 3 aromatic rings. The average Bonchev–Trinajstić information content (AvgIpc) is 4.02. The van der Waals surface area contributed by atoms with Crippen molar-refractivity contribution in [3.05, 3.63) is 71.0 Å². The lowest BCUT2D eigenvalue weighted by Crippen LogP contribution is -2.54. The van der Waals surface area contributed by atoms with E-state index in [0.717, 1.165) is 54.8 Å². The second-order valence-electron chi connectivity index (χ2n) is 22.2. The van der Waals surface area contributed by atoms with Crippen LogP contribution in [0.4, 0.5) is 0 Å². The lowest BCUT2D eigenvalue weighted by Gasteiger charge is -2.41. The molecule has 454 valence electrons. The summed E-state index contributed by atoms with van der Waals surface area (Å²) < 4.78 is 22.2. The maximum Gasteiger partial charge on any atom is 0.326 e. The maximum absolute atomic E-state index is 14.2. The highest BCUT2D eigenvalue weighted by atomic mass is 79.9. The smallest absolute Gasteiger partial charge is 0.326 e. The summed E-state index contributed by atoms with van der Waals surface area (Å²) in [5.74, 6) is -3.01. The zero-order valence-electron chi connectivity index (χ0n) is 50.5. The maximum atomic E-state index is 14.2. The standard InChI is InChI=1S/C41H68N4O7.C20H27Br2N3O4/c1-13-27(6)38(44(11)40(49)31(25(2)3)23-34(46)37(26(4)5)43(9)10)35(52-12)24-36(47)45-21-17-20-33(45)28(7)29(8)39(48)42-32(41(50)51)22-30-18-15-14-16-19-30;1-2-6-27-8-10-29-11-9-28-7-5-23-20(26)15-3-4-16-17(12-15)25-19(14-22)18(13-21)24-16/h14-16,18-19,25-29,31-33,35,37-38H,13,17,20-24H2,1-12H3,(H,42,48)(H,50,51);3-4,12H,2,5-11,13-14H2,1H3,(H,23,26)/t27-,28+,29+,31-,32-,33-,35+,37-,38-;/m0./s1. The number of nitrogens with zero attached hydrogens (tertiary/aromatic N) is 5. The van der Waals surface area contributed by atoms with Crippen LogP contribution in [0.3, 0.4) is 0 Å². The van der Waals surface area contributed by atoms with Crippen molar-refractivity contribution < 1.29 is 52.8 Å². The molecule has 81 heavy (non-hydrogen) atoms. The lowest BCUT2D eigenvalue weighted by atomic mass is 9.83. The van der Waals surface area contributed by atoms with Crippen molar-refractivity contribution in [2.75, 3.05) is 81.0 Å². The van der Waals surface area contributed by atoms with Crippen LogP contribution in [0.25, 0.3) is 11.0 Å². The number of carboxylic acid groups (broad SMARTS) is 1. The largest absolute Gasteiger partial charge is 0.480 e. The fraction of sp³-hybridized carbons (Fsp3) is 0.672. The summed E-state index contributed by atoms with van der Waals surface area (Å²) in [7, 11) is 7.13. The molecular weight excluding hydrogens is 1170 g/mol. The number of halogens is 2. The van der Waals surface area contributed by atoms with Crippen LogP contribution in [-0.2, 0) is 60.0 Å². The van der Waals surface area contributed by atoms with E-state index in [1.807, 2.05) is 94.9 Å². The molecule has 3 N–H and O–H groups in total. The molecular formula is C61H95Br2N7O11. The van der Waals surface area contributed by atoms with E-state index < -0.39 is 36.0 Å². The third-order valence-corrected chi connectivity index (χ3v) is 16.5. The molecule has 18 nitrogen and oxygen atoms in total. The quantitative estimate of drug-likeness (QED) is 0.0371. The molecule has 2 aromatic carbocycles. The summed E-state index contributed by atoms with van der Waals surface area (Å²) >= 11 is 6.86. The second-order valence-corrected chi connectivity index (χ2v) is 23.3. The van der Waals surface area contributed by atoms with Crippen molar-refractivity contribution in [1.29, 1.82) is 0 Å². The predicted molar refractivity (Wildman–Crippen MR) is 324 cm³/mol. The number of carbonyl (C=O) groups excluding carboxylic acids is 5. The fourth-order valence-corrected chi connectivity index (χ4v) is 11.5. The highest BCUT2D eigenvalue weighted by Gasteiger charge is 2.42. The van der Waals surface area contributed by atoms with Crippen molar-refractivity contribution in [1.82, 2.24) is 35.3 Å². The number of rotatable bonds is 35. The van der Waals surface area contributed by atoms with Crippen molar-refractivity contribution in [3.8, 4) is 0 Å². The number of methoxy groups -OCH3 is 1. The summed E-state index contributed by atoms with van der Waals surface area (Å²) in [5, 5.41) is 16.7. The summed E-state index contributed by atoms with van der Waals surface area (Å²) in [5.41, 5.74) is 4.59. The molecule has 20 heteroatoms. The first-order valence-corrected chi connectivity index (χ1v) is 31.1. The number of aliphatic carboxylic acids is 1. The number of likely N-dealkylation sites (tertiary alicyclic amines) is 1. The summed E-state index contributed by atoms with van der Waals surface area (Å²) in [6.07, 6.45) is 3.09. The number of fused-ring (bicyclic) bond motifs is 1. The lowest BCUT2D eigenvalue weighted by molar-refractivity contribution is -0.148. The van der Waals surface area contributed by atoms with Crippen LogP contribution in [0.1, 0.15) is 128 Å². The van der Waals surface area contributed by atoms with E-state index in [1.165, 1.54) is 0 Å². The second kappa shape index (κ2) is 37.0. The van der Waals surface area contributed by atoms with Gasteiger partial charge in [-0.1, -0.05) is 131 Å². The van der Waals surface area contributed by atoms with Gasteiger partial charge in [-0.25, -0.2) is 14.8 Å². The van der Waals surface area contributed by atoms with Crippen molar-refractivity contribution >= 4 is 78.3 Å². The Morgan fingerprint density at radius 3 is 1.94 bits per heavy atom. The highest BCUT2D eigenvalue weighted by Crippen LogP contribution is 2.32. The van der Waals surface area contributed by atoms with Gasteiger partial charge in [-0.15, -0.1) is 0 Å². The Kier molecular flexibility index (Phi) is 32.3. The Hall–Kier alpha value is -4.44. The summed E-state index contributed by atoms with van der Waals surface area (Å²) in [4.78, 5) is 94.3. The number of Topliss-reactive ketones (excluding diaryl/α,β-unsaturated/α-hetero) is 1. The number of ketones is 1. The number of benzene rings is 2. The highest BCUT2D eigenvalue weighted by molar-refractivity contribution is 9.09. The SMILES string of the molecule is CCCOCCOCCOCCNC(=O)c1ccc2nc(CBr)c(CBr)nc2c1.CC[C@H](C)[C@@H]([C@@H](CC(=O)N1CCC[C@H]1[C@H](C)[C@@H](C)C(=O)N[C@@H](Cc1ccccc1)C(=O)O)OC)N(C)C(=O)[C@@H](CC(=O)[C@H](C(C)C)N(C)C)C(C)C. The van der Waals surface area contributed by atoms with Gasteiger partial charge in [0.25, 0.3) is 5.91 Å². The number of carbonyl (C=O) groups is 6. The van der Waals surface area contributed by atoms with Gasteiger partial charge in [0, 0.05) is 80.8 Å². The molecule has 9 atom stereocenters. The average molecular weight is 1260 g/mol. The minimum atomic E-state index is -1.10. The number of alkyl halides is 2. The molecule has 4 rings (SSSR count). The van der Waals surface area contributed by atoms with Gasteiger partial charge in [0.05, 0.1) is 80.1 Å². The Balaban J connectivity index is 0.000000499. The Bertz CT molecular complexity index is 2410. The molecule has 2 heterocycles. The predicted octanol–water partition coefficient (Wildman–Crippen LogP) is 8.77. The van der Waals surface area contributed by atoms with Crippen LogP contribution in [0.2, 0.25) is 0 Å². The van der Waals surface area contributed by atoms with Gasteiger partial charge in [-0.3, -0.25) is 28.9 Å². The van der Waals surface area contributed by atoms with Crippen molar-refractivity contribution in [2.24, 2.45) is 35.5 Å². The van der Waals surface area contributed by atoms with Crippen LogP contribution in [-0.4, -0.2) is 176 Å². The molecule has 1 aliphatic rings. The van der Waals surface area contributed by atoms with Crippen molar-refractivity contribution in [2.45, 2.75) is 148 Å². The topological polar surface area (TPSA) is 219 Å². The molecule has 0 unspecified atom stereocenters. The van der Waals surface area contributed by atoms with E-state index in [0.29, 0.717) is 67.9 Å². The van der Waals surface area contributed by atoms with Crippen LogP contribution < -0.4 is 10.6 Å². The van der Waals surface area contributed by atoms with Gasteiger partial charge < -0.3 is 44.5 Å². The number of aromatic nitrogens is 2. The molecule has 1 saturated heterocycles. The summed E-state index contributed by atoms with van der Waals surface area (Å²) in [6.45, 7) is 22.2. The number of nitrogens with one attached hydrogen (secondary N) is 2. The van der Waals surface area contributed by atoms with Crippen molar-refractivity contribution in [3.63, 3.8) is 0 Å². The van der Waals surface area contributed by atoms with E-state index in [1.54, 1.807) is 38.1 Å². The molecule has 1 aliphatic heterocycles. The first kappa shape index (κ1) is 70.8. The zero-order chi connectivity index (χ0) is 60.3. The van der Waals surface area contributed by atoms with Gasteiger partial charge in [-0.2, -0.15) is 0 Å². The first-order chi connectivity index (χ1) is 38.6. The number of amides is 4. The third kappa shape index (κ3) is 22.2. The third-order valence-electron chi connectivity index (χ3n) is 15.4. The molecule has 1 aromatic heterocycles. The van der Waals surface area contributed by atoms with Gasteiger partial charge >= 0.3 is 5.97 Å². The number of hydrogen-bond donors (Lipinski definition) is 3. The van der Waals surface area contributed by atoms with E-state index in [4.69, 9.17) is 18.9 Å². The molecule has 1 fully saturated rings. The number of hydrogen-bond acceptors (Lipinski definition) is 13. The molecule has 0 bridgehead atoms.